The molecule has 0 atom stereocenters. The summed E-state index contributed by atoms with van der Waals surface area (Å²) >= 11 is 0. The van der Waals surface area contributed by atoms with Gasteiger partial charge in [-0.25, -0.2) is 0 Å². The van der Waals surface area contributed by atoms with Crippen molar-refractivity contribution in [1.82, 2.24) is 4.98 Å². The highest BCUT2D eigenvalue weighted by molar-refractivity contribution is 5.76. The lowest BCUT2D eigenvalue weighted by molar-refractivity contribution is 1.11. The fourth-order valence-electron chi connectivity index (χ4n) is 1.86. The molecule has 18 heavy (non-hydrogen) atoms. The standard InChI is InChI=1S/C14H9N3O/c1-9-11(7-15)13(10-5-3-2-4-6-10)12(8-16)14(18)17-9/h2-6H,1H3,(H,17,18). The lowest BCUT2D eigenvalue weighted by atomic mass is 9.95. The van der Waals surface area contributed by atoms with Crippen molar-refractivity contribution in [2.24, 2.45) is 0 Å². The number of aromatic nitrogens is 1. The lowest BCUT2D eigenvalue weighted by Crippen LogP contribution is -2.15. The Morgan fingerprint density at radius 2 is 1.67 bits per heavy atom. The molecule has 1 N–H and O–H groups in total. The number of rotatable bonds is 1. The molecule has 0 radical (unpaired) electrons. The van der Waals surface area contributed by atoms with Gasteiger partial charge in [-0.3, -0.25) is 4.79 Å². The molecule has 1 heterocycles. The monoisotopic (exact) mass is 235 g/mol. The van der Waals surface area contributed by atoms with E-state index < -0.39 is 5.56 Å². The summed E-state index contributed by atoms with van der Waals surface area (Å²) in [6.07, 6.45) is 0. The number of H-pyrrole nitrogens is 1. The van der Waals surface area contributed by atoms with Gasteiger partial charge in [0.1, 0.15) is 17.7 Å². The topological polar surface area (TPSA) is 80.4 Å². The summed E-state index contributed by atoms with van der Waals surface area (Å²) in [7, 11) is 0. The fourth-order valence-corrected chi connectivity index (χ4v) is 1.86. The highest BCUT2D eigenvalue weighted by atomic mass is 16.1. The Morgan fingerprint density at radius 3 is 2.22 bits per heavy atom. The summed E-state index contributed by atoms with van der Waals surface area (Å²) < 4.78 is 0. The second kappa shape index (κ2) is 4.57. The first kappa shape index (κ1) is 11.6. The average molecular weight is 235 g/mol. The molecule has 0 fully saturated rings. The second-order valence-corrected chi connectivity index (χ2v) is 3.79. The van der Waals surface area contributed by atoms with Crippen LogP contribution in [0.3, 0.4) is 0 Å². The maximum Gasteiger partial charge on any atom is 0.266 e. The third-order valence-corrected chi connectivity index (χ3v) is 2.69. The molecule has 0 bridgehead atoms. The van der Waals surface area contributed by atoms with Crippen LogP contribution < -0.4 is 5.56 Å². The summed E-state index contributed by atoms with van der Waals surface area (Å²) in [6.45, 7) is 1.65. The van der Waals surface area contributed by atoms with E-state index in [0.717, 1.165) is 0 Å². The van der Waals surface area contributed by atoms with Gasteiger partial charge < -0.3 is 4.98 Å². The molecule has 0 saturated carbocycles. The van der Waals surface area contributed by atoms with Crippen molar-refractivity contribution in [3.05, 3.63) is 57.5 Å². The van der Waals surface area contributed by atoms with Crippen LogP contribution in [0.5, 0.6) is 0 Å². The number of nitrogens with zero attached hydrogens (tertiary/aromatic N) is 2. The van der Waals surface area contributed by atoms with Crippen LogP contribution in [-0.2, 0) is 0 Å². The minimum Gasteiger partial charge on any atom is -0.324 e. The number of aromatic amines is 1. The molecule has 1 aromatic carbocycles. The normalized spacial score (nSPS) is 9.50. The maximum atomic E-state index is 11.7. The number of benzene rings is 1. The highest BCUT2D eigenvalue weighted by Crippen LogP contribution is 2.26. The third-order valence-electron chi connectivity index (χ3n) is 2.69. The molecule has 1 aromatic heterocycles. The van der Waals surface area contributed by atoms with Crippen LogP contribution in [0.25, 0.3) is 11.1 Å². The molecule has 0 aliphatic heterocycles. The van der Waals surface area contributed by atoms with Crippen LogP contribution in [0.15, 0.2) is 35.1 Å². The van der Waals surface area contributed by atoms with Gasteiger partial charge in [-0.1, -0.05) is 30.3 Å². The first-order valence-corrected chi connectivity index (χ1v) is 5.31. The SMILES string of the molecule is Cc1[nH]c(=O)c(C#N)c(-c2ccccc2)c1C#N. The Labute approximate surface area is 104 Å². The zero-order valence-electron chi connectivity index (χ0n) is 9.69. The van der Waals surface area contributed by atoms with E-state index >= 15 is 0 Å². The quantitative estimate of drug-likeness (QED) is 0.821. The van der Waals surface area contributed by atoms with Crippen LogP contribution in [0, 0.1) is 29.6 Å². The predicted molar refractivity (Wildman–Crippen MR) is 66.7 cm³/mol. The van der Waals surface area contributed by atoms with Crippen molar-refractivity contribution in [2.75, 3.05) is 0 Å². The van der Waals surface area contributed by atoms with Gasteiger partial charge in [0.15, 0.2) is 0 Å². The number of nitrogens with one attached hydrogen (secondary N) is 1. The second-order valence-electron chi connectivity index (χ2n) is 3.79. The van der Waals surface area contributed by atoms with E-state index in [1.165, 1.54) is 0 Å². The van der Waals surface area contributed by atoms with Gasteiger partial charge in [-0.05, 0) is 12.5 Å². The smallest absolute Gasteiger partial charge is 0.266 e. The summed E-state index contributed by atoms with van der Waals surface area (Å²) in [5.74, 6) is 0. The number of hydrogen-bond donors (Lipinski definition) is 1. The van der Waals surface area contributed by atoms with E-state index in [9.17, 15) is 10.1 Å². The van der Waals surface area contributed by atoms with Crippen molar-refractivity contribution in [3.63, 3.8) is 0 Å². The average Bonchev–Trinajstić information content (AvgIpc) is 2.39. The molecular formula is C14H9N3O. The van der Waals surface area contributed by atoms with Crippen LogP contribution in [0.4, 0.5) is 0 Å². The van der Waals surface area contributed by atoms with Gasteiger partial charge in [0.05, 0.1) is 5.56 Å². The predicted octanol–water partition coefficient (Wildman–Crippen LogP) is 2.09. The molecular weight excluding hydrogens is 226 g/mol. The van der Waals surface area contributed by atoms with E-state index in [0.29, 0.717) is 22.4 Å². The minimum atomic E-state index is -0.465. The fraction of sp³-hybridized carbons (Fsp3) is 0.0714. The zero-order chi connectivity index (χ0) is 13.1. The van der Waals surface area contributed by atoms with E-state index in [-0.39, 0.29) is 5.56 Å². The van der Waals surface area contributed by atoms with Gasteiger partial charge in [0.2, 0.25) is 0 Å². The van der Waals surface area contributed by atoms with Crippen molar-refractivity contribution < 1.29 is 0 Å². The van der Waals surface area contributed by atoms with Crippen molar-refractivity contribution in [2.45, 2.75) is 6.92 Å². The lowest BCUT2D eigenvalue weighted by Gasteiger charge is -2.08. The maximum absolute atomic E-state index is 11.7. The van der Waals surface area contributed by atoms with Crippen molar-refractivity contribution in [3.8, 4) is 23.3 Å². The Kier molecular flexibility index (Phi) is 2.95. The van der Waals surface area contributed by atoms with Gasteiger partial charge >= 0.3 is 0 Å². The van der Waals surface area contributed by atoms with E-state index in [1.807, 2.05) is 18.2 Å². The van der Waals surface area contributed by atoms with Crippen molar-refractivity contribution >= 4 is 0 Å². The number of pyridine rings is 1. The molecule has 0 saturated heterocycles. The van der Waals surface area contributed by atoms with Crippen LogP contribution in [0.1, 0.15) is 16.8 Å². The molecule has 0 unspecified atom stereocenters. The van der Waals surface area contributed by atoms with Crippen LogP contribution >= 0.6 is 0 Å². The molecule has 2 rings (SSSR count). The van der Waals surface area contributed by atoms with E-state index in [4.69, 9.17) is 5.26 Å². The molecule has 0 aliphatic carbocycles. The molecule has 0 spiro atoms. The Morgan fingerprint density at radius 1 is 1.06 bits per heavy atom. The number of nitriles is 2. The first-order chi connectivity index (χ1) is 8.69. The Hall–Kier alpha value is -2.85. The molecule has 0 amide bonds. The summed E-state index contributed by atoms with van der Waals surface area (Å²) in [6, 6.07) is 12.9. The van der Waals surface area contributed by atoms with E-state index in [1.54, 1.807) is 31.2 Å². The van der Waals surface area contributed by atoms with Gasteiger partial charge in [0.25, 0.3) is 5.56 Å². The van der Waals surface area contributed by atoms with Gasteiger partial charge in [-0.2, -0.15) is 10.5 Å². The summed E-state index contributed by atoms with van der Waals surface area (Å²) in [5.41, 5.74) is 1.41. The zero-order valence-corrected chi connectivity index (χ0v) is 9.69. The molecule has 2 aromatic rings. The Balaban J connectivity index is 2.94. The van der Waals surface area contributed by atoms with Crippen LogP contribution in [-0.4, -0.2) is 4.98 Å². The number of aryl methyl sites for hydroxylation is 1. The third kappa shape index (κ3) is 1.77. The summed E-state index contributed by atoms with van der Waals surface area (Å²) in [5, 5.41) is 18.3. The highest BCUT2D eigenvalue weighted by Gasteiger charge is 2.16. The van der Waals surface area contributed by atoms with Crippen molar-refractivity contribution in [1.29, 1.82) is 10.5 Å². The minimum absolute atomic E-state index is 0.0247. The molecule has 4 heteroatoms. The molecule has 86 valence electrons. The Bertz CT molecular complexity index is 731. The van der Waals surface area contributed by atoms with Gasteiger partial charge in [-0.15, -0.1) is 0 Å². The number of hydrogen-bond acceptors (Lipinski definition) is 3. The summed E-state index contributed by atoms with van der Waals surface area (Å²) in [4.78, 5) is 14.3. The first-order valence-electron chi connectivity index (χ1n) is 5.31. The molecule has 4 nitrogen and oxygen atoms in total. The molecule has 0 aliphatic rings. The van der Waals surface area contributed by atoms with Crippen LogP contribution in [0.2, 0.25) is 0 Å². The largest absolute Gasteiger partial charge is 0.324 e. The van der Waals surface area contributed by atoms with E-state index in [2.05, 4.69) is 4.98 Å². The van der Waals surface area contributed by atoms with Gasteiger partial charge in [0, 0.05) is 11.3 Å².